The van der Waals surface area contributed by atoms with Gasteiger partial charge in [-0.05, 0) is 13.3 Å². The number of carboxylic acid groups (broad SMARTS) is 1. The Bertz CT molecular complexity index is 330. The third kappa shape index (κ3) is 4.63. The van der Waals surface area contributed by atoms with Crippen molar-refractivity contribution in [2.45, 2.75) is 25.0 Å². The second kappa shape index (κ2) is 7.24. The molecule has 0 aliphatic carbocycles. The number of carbonyl (C=O) groups is 1. The highest BCUT2D eigenvalue weighted by molar-refractivity contribution is 7.99. The van der Waals surface area contributed by atoms with E-state index in [4.69, 9.17) is 9.84 Å². The Morgan fingerprint density at radius 2 is 2.50 bits per heavy atom. The highest BCUT2D eigenvalue weighted by Gasteiger charge is 2.07. The zero-order chi connectivity index (χ0) is 11.8. The van der Waals surface area contributed by atoms with Gasteiger partial charge in [0.05, 0.1) is 5.75 Å². The largest absolute Gasteiger partial charge is 0.481 e. The quantitative estimate of drug-likeness (QED) is 0.541. The minimum Gasteiger partial charge on any atom is -0.481 e. The number of ether oxygens (including phenoxy) is 1. The molecule has 0 aromatic carbocycles. The molecule has 1 N–H and O–H groups in total. The van der Waals surface area contributed by atoms with Gasteiger partial charge in [0, 0.05) is 19.8 Å². The summed E-state index contributed by atoms with van der Waals surface area (Å²) in [6.07, 6.45) is 2.47. The summed E-state index contributed by atoms with van der Waals surface area (Å²) in [7, 11) is 0. The summed E-state index contributed by atoms with van der Waals surface area (Å²) in [6, 6.07) is 0. The Morgan fingerprint density at radius 3 is 3.19 bits per heavy atom. The van der Waals surface area contributed by atoms with Crippen LogP contribution in [0.1, 0.15) is 13.3 Å². The number of carboxylic acids is 1. The number of aliphatic carboxylic acids is 1. The number of aromatic nitrogens is 3. The normalized spacial score (nSPS) is 10.6. The van der Waals surface area contributed by atoms with Gasteiger partial charge >= 0.3 is 5.97 Å². The van der Waals surface area contributed by atoms with Crippen LogP contribution in [-0.2, 0) is 16.1 Å². The predicted molar refractivity (Wildman–Crippen MR) is 59.5 cm³/mol. The Hall–Kier alpha value is -1.08. The topological polar surface area (TPSA) is 77.2 Å². The van der Waals surface area contributed by atoms with Gasteiger partial charge in [0.25, 0.3) is 0 Å². The van der Waals surface area contributed by atoms with Gasteiger partial charge < -0.3 is 14.4 Å². The summed E-state index contributed by atoms with van der Waals surface area (Å²) in [6.45, 7) is 4.10. The summed E-state index contributed by atoms with van der Waals surface area (Å²) in [4.78, 5) is 10.4. The van der Waals surface area contributed by atoms with E-state index >= 15 is 0 Å². The molecule has 0 bridgehead atoms. The maximum absolute atomic E-state index is 10.4. The van der Waals surface area contributed by atoms with E-state index in [1.54, 1.807) is 6.33 Å². The van der Waals surface area contributed by atoms with Crippen LogP contribution in [0.25, 0.3) is 0 Å². The summed E-state index contributed by atoms with van der Waals surface area (Å²) in [5.41, 5.74) is 0. The third-order valence-electron chi connectivity index (χ3n) is 1.80. The van der Waals surface area contributed by atoms with Crippen molar-refractivity contribution < 1.29 is 14.6 Å². The molecule has 0 saturated heterocycles. The fourth-order valence-corrected chi connectivity index (χ4v) is 1.78. The lowest BCUT2D eigenvalue weighted by Gasteiger charge is -2.05. The van der Waals surface area contributed by atoms with Crippen LogP contribution in [0.5, 0.6) is 0 Å². The Balaban J connectivity index is 2.35. The van der Waals surface area contributed by atoms with E-state index in [2.05, 4.69) is 10.2 Å². The van der Waals surface area contributed by atoms with Crippen molar-refractivity contribution in [2.24, 2.45) is 0 Å². The van der Waals surface area contributed by atoms with E-state index in [0.717, 1.165) is 13.0 Å². The molecule has 0 radical (unpaired) electrons. The SMILES string of the molecule is CCOCCCn1cnnc1SCC(=O)O. The molecule has 0 fully saturated rings. The number of hydrogen-bond acceptors (Lipinski definition) is 5. The van der Waals surface area contributed by atoms with Crippen molar-refractivity contribution in [3.8, 4) is 0 Å². The minimum atomic E-state index is -0.853. The van der Waals surface area contributed by atoms with Crippen molar-refractivity contribution >= 4 is 17.7 Å². The summed E-state index contributed by atoms with van der Waals surface area (Å²) in [5, 5.41) is 16.8. The molecule has 7 heteroatoms. The standard InChI is InChI=1S/C9H15N3O3S/c1-2-15-5-3-4-12-7-10-11-9(12)16-6-8(13)14/h7H,2-6H2,1H3,(H,13,14). The lowest BCUT2D eigenvalue weighted by atomic mass is 10.4. The molecule has 0 spiro atoms. The highest BCUT2D eigenvalue weighted by Crippen LogP contribution is 2.14. The Labute approximate surface area is 98.0 Å². The molecule has 0 aliphatic heterocycles. The molecular weight excluding hydrogens is 230 g/mol. The van der Waals surface area contributed by atoms with Crippen LogP contribution in [0.15, 0.2) is 11.5 Å². The van der Waals surface area contributed by atoms with Crippen LogP contribution in [-0.4, -0.2) is 44.8 Å². The summed E-state index contributed by atoms with van der Waals surface area (Å²) >= 11 is 1.17. The fourth-order valence-electron chi connectivity index (χ4n) is 1.12. The average Bonchev–Trinajstić information content (AvgIpc) is 2.69. The first-order valence-electron chi connectivity index (χ1n) is 5.04. The number of nitrogens with zero attached hydrogens (tertiary/aromatic N) is 3. The lowest BCUT2D eigenvalue weighted by molar-refractivity contribution is -0.133. The van der Waals surface area contributed by atoms with Gasteiger partial charge in [0.1, 0.15) is 6.33 Å². The van der Waals surface area contributed by atoms with Gasteiger partial charge in [0.15, 0.2) is 5.16 Å². The molecule has 0 saturated carbocycles. The number of rotatable bonds is 8. The van der Waals surface area contributed by atoms with Crippen LogP contribution in [0.2, 0.25) is 0 Å². The van der Waals surface area contributed by atoms with Gasteiger partial charge in [-0.2, -0.15) is 0 Å². The van der Waals surface area contributed by atoms with Crippen LogP contribution >= 0.6 is 11.8 Å². The average molecular weight is 245 g/mol. The van der Waals surface area contributed by atoms with Crippen molar-refractivity contribution in [2.75, 3.05) is 19.0 Å². The van der Waals surface area contributed by atoms with Gasteiger partial charge in [-0.25, -0.2) is 0 Å². The Kier molecular flexibility index (Phi) is 5.87. The smallest absolute Gasteiger partial charge is 0.313 e. The molecule has 90 valence electrons. The first-order chi connectivity index (χ1) is 7.74. The van der Waals surface area contributed by atoms with Gasteiger partial charge in [-0.3, -0.25) is 4.79 Å². The highest BCUT2D eigenvalue weighted by atomic mass is 32.2. The molecule has 6 nitrogen and oxygen atoms in total. The molecule has 1 aromatic rings. The van der Waals surface area contributed by atoms with E-state index in [-0.39, 0.29) is 5.75 Å². The fraction of sp³-hybridized carbons (Fsp3) is 0.667. The van der Waals surface area contributed by atoms with Gasteiger partial charge in [-0.1, -0.05) is 11.8 Å². The van der Waals surface area contributed by atoms with Gasteiger partial charge in [-0.15, -0.1) is 10.2 Å². The zero-order valence-corrected chi connectivity index (χ0v) is 9.94. The Morgan fingerprint density at radius 1 is 1.69 bits per heavy atom. The summed E-state index contributed by atoms with van der Waals surface area (Å²) < 4.78 is 7.05. The first-order valence-corrected chi connectivity index (χ1v) is 6.02. The minimum absolute atomic E-state index is 0.00412. The second-order valence-electron chi connectivity index (χ2n) is 3.04. The van der Waals surface area contributed by atoms with E-state index in [0.29, 0.717) is 18.4 Å². The van der Waals surface area contributed by atoms with Crippen molar-refractivity contribution in [3.05, 3.63) is 6.33 Å². The van der Waals surface area contributed by atoms with Crippen molar-refractivity contribution in [1.82, 2.24) is 14.8 Å². The number of aryl methyl sites for hydroxylation is 1. The number of hydrogen-bond donors (Lipinski definition) is 1. The number of thioether (sulfide) groups is 1. The molecule has 1 heterocycles. The molecular formula is C9H15N3O3S. The third-order valence-corrected chi connectivity index (χ3v) is 2.76. The second-order valence-corrected chi connectivity index (χ2v) is 3.98. The molecule has 0 amide bonds. The molecule has 1 aromatic heterocycles. The van der Waals surface area contributed by atoms with Crippen molar-refractivity contribution in [3.63, 3.8) is 0 Å². The van der Waals surface area contributed by atoms with Crippen LogP contribution in [0.4, 0.5) is 0 Å². The monoisotopic (exact) mass is 245 g/mol. The van der Waals surface area contributed by atoms with E-state index in [1.165, 1.54) is 11.8 Å². The molecule has 0 atom stereocenters. The van der Waals surface area contributed by atoms with Crippen LogP contribution in [0, 0.1) is 0 Å². The van der Waals surface area contributed by atoms with Crippen molar-refractivity contribution in [1.29, 1.82) is 0 Å². The zero-order valence-electron chi connectivity index (χ0n) is 9.13. The maximum Gasteiger partial charge on any atom is 0.313 e. The first kappa shape index (κ1) is 13.0. The predicted octanol–water partition coefficient (Wildman–Crippen LogP) is 0.881. The van der Waals surface area contributed by atoms with E-state index in [9.17, 15) is 4.79 Å². The summed E-state index contributed by atoms with van der Waals surface area (Å²) in [5.74, 6) is -0.849. The maximum atomic E-state index is 10.4. The van der Waals surface area contributed by atoms with Crippen LogP contribution < -0.4 is 0 Å². The molecule has 0 aliphatic rings. The molecule has 16 heavy (non-hydrogen) atoms. The van der Waals surface area contributed by atoms with E-state index in [1.807, 2.05) is 11.5 Å². The lowest BCUT2D eigenvalue weighted by Crippen LogP contribution is -2.05. The van der Waals surface area contributed by atoms with Gasteiger partial charge in [0.2, 0.25) is 0 Å². The molecule has 0 unspecified atom stereocenters. The van der Waals surface area contributed by atoms with E-state index < -0.39 is 5.97 Å². The van der Waals surface area contributed by atoms with Crippen LogP contribution in [0.3, 0.4) is 0 Å². The molecule has 1 rings (SSSR count).